The summed E-state index contributed by atoms with van der Waals surface area (Å²) in [5.74, 6) is 2.41. The van der Waals surface area contributed by atoms with Crippen LogP contribution in [0.5, 0.6) is 0 Å². The van der Waals surface area contributed by atoms with E-state index in [1.807, 2.05) is 0 Å². The third-order valence-corrected chi connectivity index (χ3v) is 2.91. The summed E-state index contributed by atoms with van der Waals surface area (Å²) in [7, 11) is 0. The van der Waals surface area contributed by atoms with Gasteiger partial charge in [0, 0.05) is 12.8 Å². The quantitative estimate of drug-likeness (QED) is 0.882. The lowest BCUT2D eigenvalue weighted by Crippen LogP contribution is -2.28. The van der Waals surface area contributed by atoms with E-state index in [1.165, 1.54) is 12.8 Å². The van der Waals surface area contributed by atoms with Crippen LogP contribution in [-0.4, -0.2) is 23.2 Å². The Hall–Kier alpha value is -0.610. The van der Waals surface area contributed by atoms with E-state index in [2.05, 4.69) is 22.4 Å². The van der Waals surface area contributed by atoms with E-state index in [0.29, 0.717) is 0 Å². The predicted octanol–water partition coefficient (Wildman–Crippen LogP) is 1.99. The van der Waals surface area contributed by atoms with E-state index in [4.69, 9.17) is 4.52 Å². The summed E-state index contributed by atoms with van der Waals surface area (Å²) in [6.45, 7) is 4.38. The first-order valence-corrected chi connectivity index (χ1v) is 5.90. The molecule has 1 N–H and O–H groups in total. The van der Waals surface area contributed by atoms with Crippen LogP contribution < -0.4 is 5.32 Å². The average molecular weight is 246 g/mol. The van der Waals surface area contributed by atoms with Crippen molar-refractivity contribution in [3.05, 3.63) is 11.7 Å². The first kappa shape index (κ1) is 13.5. The lowest BCUT2D eigenvalue weighted by molar-refractivity contribution is 0.312. The van der Waals surface area contributed by atoms with Crippen molar-refractivity contribution in [2.24, 2.45) is 5.92 Å². The summed E-state index contributed by atoms with van der Waals surface area (Å²) in [4.78, 5) is 4.40. The molecule has 16 heavy (non-hydrogen) atoms. The second-order valence-corrected chi connectivity index (χ2v) is 4.25. The molecule has 1 fully saturated rings. The van der Waals surface area contributed by atoms with Crippen LogP contribution in [0.3, 0.4) is 0 Å². The molecule has 0 aliphatic carbocycles. The maximum atomic E-state index is 5.24. The average Bonchev–Trinajstić information content (AvgIpc) is 2.68. The van der Waals surface area contributed by atoms with Crippen LogP contribution in [0.2, 0.25) is 0 Å². The van der Waals surface area contributed by atoms with Crippen LogP contribution in [0.1, 0.15) is 37.9 Å². The molecule has 2 rings (SSSR count). The molecule has 0 spiro atoms. The summed E-state index contributed by atoms with van der Waals surface area (Å²) >= 11 is 0. The number of aromatic nitrogens is 2. The molecule has 1 aromatic rings. The maximum absolute atomic E-state index is 5.24. The highest BCUT2D eigenvalue weighted by Crippen LogP contribution is 2.16. The molecular formula is C11H20ClN3O. The zero-order chi connectivity index (χ0) is 10.5. The van der Waals surface area contributed by atoms with Crippen LogP contribution in [0.4, 0.5) is 0 Å². The van der Waals surface area contributed by atoms with Crippen molar-refractivity contribution in [2.45, 2.75) is 39.0 Å². The molecule has 0 radical (unpaired) electrons. The Bertz CT molecular complexity index is 297. The second-order valence-electron chi connectivity index (χ2n) is 4.25. The van der Waals surface area contributed by atoms with Gasteiger partial charge in [0.2, 0.25) is 5.89 Å². The third kappa shape index (κ3) is 3.76. The molecule has 5 heteroatoms. The minimum Gasteiger partial charge on any atom is -0.339 e. The summed E-state index contributed by atoms with van der Waals surface area (Å²) in [6, 6.07) is 0. The molecule has 2 heterocycles. The van der Waals surface area contributed by atoms with E-state index in [0.717, 1.165) is 50.0 Å². The fourth-order valence-electron chi connectivity index (χ4n) is 2.03. The summed E-state index contributed by atoms with van der Waals surface area (Å²) in [5, 5.41) is 7.33. The number of aryl methyl sites for hydroxylation is 1. The van der Waals surface area contributed by atoms with Gasteiger partial charge >= 0.3 is 0 Å². The monoisotopic (exact) mass is 245 g/mol. The fraction of sp³-hybridized carbons (Fsp3) is 0.818. The Kier molecular flexibility index (Phi) is 5.77. The van der Waals surface area contributed by atoms with Gasteiger partial charge in [0.1, 0.15) is 0 Å². The van der Waals surface area contributed by atoms with Crippen LogP contribution >= 0.6 is 12.4 Å². The Morgan fingerprint density at radius 1 is 1.38 bits per heavy atom. The van der Waals surface area contributed by atoms with Gasteiger partial charge in [0.25, 0.3) is 0 Å². The SMILES string of the molecule is CCCc1noc(CC2CCNCC2)n1.Cl. The lowest BCUT2D eigenvalue weighted by Gasteiger charge is -2.20. The van der Waals surface area contributed by atoms with Gasteiger partial charge in [-0.05, 0) is 38.3 Å². The molecule has 0 saturated carbocycles. The number of rotatable bonds is 4. The highest BCUT2D eigenvalue weighted by Gasteiger charge is 2.16. The number of nitrogens with one attached hydrogen (secondary N) is 1. The summed E-state index contributed by atoms with van der Waals surface area (Å²) in [6.07, 6.45) is 5.41. The van der Waals surface area contributed by atoms with Gasteiger partial charge in [-0.3, -0.25) is 0 Å². The molecule has 1 aromatic heterocycles. The standard InChI is InChI=1S/C11H19N3O.ClH/c1-2-3-10-13-11(15-14-10)8-9-4-6-12-7-5-9;/h9,12H,2-8H2,1H3;1H. The van der Waals surface area contributed by atoms with Crippen molar-refractivity contribution in [3.8, 4) is 0 Å². The molecule has 1 aliphatic rings. The number of halogens is 1. The van der Waals surface area contributed by atoms with Crippen molar-refractivity contribution in [3.63, 3.8) is 0 Å². The maximum Gasteiger partial charge on any atom is 0.226 e. The molecule has 1 aliphatic heterocycles. The molecule has 0 aromatic carbocycles. The van der Waals surface area contributed by atoms with Crippen LogP contribution in [-0.2, 0) is 12.8 Å². The third-order valence-electron chi connectivity index (χ3n) is 2.91. The van der Waals surface area contributed by atoms with Gasteiger partial charge in [-0.1, -0.05) is 12.1 Å². The smallest absolute Gasteiger partial charge is 0.226 e. The largest absolute Gasteiger partial charge is 0.339 e. The Balaban J connectivity index is 0.00000128. The minimum atomic E-state index is 0. The van der Waals surface area contributed by atoms with Crippen molar-refractivity contribution in [1.29, 1.82) is 0 Å². The minimum absolute atomic E-state index is 0. The van der Waals surface area contributed by atoms with Gasteiger partial charge in [0.15, 0.2) is 5.82 Å². The normalized spacial score (nSPS) is 17.1. The van der Waals surface area contributed by atoms with Crippen LogP contribution in [0.15, 0.2) is 4.52 Å². The Morgan fingerprint density at radius 3 is 2.81 bits per heavy atom. The van der Waals surface area contributed by atoms with Gasteiger partial charge in [0.05, 0.1) is 0 Å². The van der Waals surface area contributed by atoms with Gasteiger partial charge in [-0.25, -0.2) is 0 Å². The Labute approximate surface area is 103 Å². The van der Waals surface area contributed by atoms with Gasteiger partial charge in [-0.15, -0.1) is 12.4 Å². The van der Waals surface area contributed by atoms with Gasteiger partial charge in [-0.2, -0.15) is 4.98 Å². The molecule has 92 valence electrons. The van der Waals surface area contributed by atoms with Crippen molar-refractivity contribution in [2.75, 3.05) is 13.1 Å². The molecule has 0 unspecified atom stereocenters. The van der Waals surface area contributed by atoms with Crippen molar-refractivity contribution < 1.29 is 4.52 Å². The number of hydrogen-bond donors (Lipinski definition) is 1. The second kappa shape index (κ2) is 6.86. The molecule has 0 atom stereocenters. The zero-order valence-corrected chi connectivity index (χ0v) is 10.6. The number of nitrogens with zero attached hydrogens (tertiary/aromatic N) is 2. The van der Waals surface area contributed by atoms with Gasteiger partial charge < -0.3 is 9.84 Å². The first-order valence-electron chi connectivity index (χ1n) is 5.90. The Morgan fingerprint density at radius 2 is 2.12 bits per heavy atom. The van der Waals surface area contributed by atoms with Crippen LogP contribution in [0, 0.1) is 5.92 Å². The molecule has 0 amide bonds. The molecule has 4 nitrogen and oxygen atoms in total. The van der Waals surface area contributed by atoms with E-state index in [9.17, 15) is 0 Å². The van der Waals surface area contributed by atoms with E-state index in [-0.39, 0.29) is 12.4 Å². The number of hydrogen-bond acceptors (Lipinski definition) is 4. The molecule has 0 bridgehead atoms. The molecular weight excluding hydrogens is 226 g/mol. The van der Waals surface area contributed by atoms with Crippen molar-refractivity contribution >= 4 is 12.4 Å². The zero-order valence-electron chi connectivity index (χ0n) is 9.74. The summed E-state index contributed by atoms with van der Waals surface area (Å²) in [5.41, 5.74) is 0. The first-order chi connectivity index (χ1) is 7.38. The highest BCUT2D eigenvalue weighted by molar-refractivity contribution is 5.85. The van der Waals surface area contributed by atoms with Crippen LogP contribution in [0.25, 0.3) is 0 Å². The topological polar surface area (TPSA) is 51.0 Å². The van der Waals surface area contributed by atoms with E-state index in [1.54, 1.807) is 0 Å². The fourth-order valence-corrected chi connectivity index (χ4v) is 2.03. The number of piperidine rings is 1. The predicted molar refractivity (Wildman–Crippen MR) is 64.8 cm³/mol. The van der Waals surface area contributed by atoms with E-state index < -0.39 is 0 Å². The van der Waals surface area contributed by atoms with E-state index >= 15 is 0 Å². The highest BCUT2D eigenvalue weighted by atomic mass is 35.5. The molecule has 1 saturated heterocycles. The lowest BCUT2D eigenvalue weighted by atomic mass is 9.95. The van der Waals surface area contributed by atoms with Crippen molar-refractivity contribution in [1.82, 2.24) is 15.5 Å². The summed E-state index contributed by atoms with van der Waals surface area (Å²) < 4.78 is 5.24.